The second-order valence-corrected chi connectivity index (χ2v) is 7.92. The molecule has 0 aliphatic carbocycles. The Morgan fingerprint density at radius 2 is 2.07 bits per heavy atom. The number of aryl methyl sites for hydroxylation is 1. The Bertz CT molecular complexity index is 1120. The quantitative estimate of drug-likeness (QED) is 0.761. The molecule has 144 valence electrons. The van der Waals surface area contributed by atoms with E-state index in [1.54, 1.807) is 18.3 Å². The number of carbonyl (C=O) groups is 1. The molecule has 0 unspecified atom stereocenters. The van der Waals surface area contributed by atoms with Gasteiger partial charge in [-0.15, -0.1) is 0 Å². The molecule has 3 aromatic rings. The van der Waals surface area contributed by atoms with Crippen LogP contribution in [0.25, 0.3) is 10.8 Å². The molecule has 2 aromatic carbocycles. The van der Waals surface area contributed by atoms with Gasteiger partial charge >= 0.3 is 0 Å². The molecule has 0 saturated carbocycles. The summed E-state index contributed by atoms with van der Waals surface area (Å²) in [4.78, 5) is 25.3. The van der Waals surface area contributed by atoms with Crippen molar-refractivity contribution in [2.24, 2.45) is 0 Å². The number of carbonyl (C=O) groups excluding carboxylic acids is 1. The smallest absolute Gasteiger partial charge is 0.275 e. The molecule has 6 heteroatoms. The zero-order chi connectivity index (χ0) is 19.9. The first-order valence-electron chi connectivity index (χ1n) is 9.36. The van der Waals surface area contributed by atoms with Gasteiger partial charge in [-0.2, -0.15) is 5.10 Å². The molecule has 0 saturated heterocycles. The molecule has 1 aliphatic rings. The zero-order valence-corrected chi connectivity index (χ0v) is 16.2. The maximum absolute atomic E-state index is 12.7. The van der Waals surface area contributed by atoms with Crippen molar-refractivity contribution in [3.63, 3.8) is 0 Å². The third-order valence-corrected chi connectivity index (χ3v) is 5.01. The van der Waals surface area contributed by atoms with E-state index in [0.29, 0.717) is 11.8 Å². The number of hydrogen-bond acceptors (Lipinski definition) is 4. The summed E-state index contributed by atoms with van der Waals surface area (Å²) in [5.74, 6) is 0.535. The number of benzene rings is 2. The van der Waals surface area contributed by atoms with Crippen LogP contribution in [0.3, 0.4) is 0 Å². The average molecular weight is 377 g/mol. The number of nitrogens with zero attached hydrogens (tertiary/aromatic N) is 2. The van der Waals surface area contributed by atoms with Crippen LogP contribution in [0, 0.1) is 6.92 Å². The lowest BCUT2D eigenvalue weighted by molar-refractivity contribution is -0.123. The van der Waals surface area contributed by atoms with Gasteiger partial charge in [0.25, 0.3) is 5.56 Å². The van der Waals surface area contributed by atoms with Crippen LogP contribution < -0.4 is 15.6 Å². The Morgan fingerprint density at radius 3 is 2.89 bits per heavy atom. The van der Waals surface area contributed by atoms with Crippen molar-refractivity contribution < 1.29 is 9.53 Å². The van der Waals surface area contributed by atoms with Gasteiger partial charge in [0.2, 0.25) is 5.91 Å². The topological polar surface area (TPSA) is 73.2 Å². The Balaban J connectivity index is 1.58. The SMILES string of the molecule is Cc1ccc2c(c1)[C@@H](NC(=O)Cn1ncc3ccccc3c1=O)CC(C)(C)O2. The molecule has 1 amide bonds. The summed E-state index contributed by atoms with van der Waals surface area (Å²) in [6.07, 6.45) is 2.26. The van der Waals surface area contributed by atoms with Crippen LogP contribution in [0.15, 0.2) is 53.5 Å². The summed E-state index contributed by atoms with van der Waals surface area (Å²) in [6.45, 7) is 5.90. The monoisotopic (exact) mass is 377 g/mol. The molecule has 28 heavy (non-hydrogen) atoms. The van der Waals surface area contributed by atoms with Gasteiger partial charge in [0, 0.05) is 17.4 Å². The number of nitrogens with one attached hydrogen (secondary N) is 1. The fourth-order valence-corrected chi connectivity index (χ4v) is 3.72. The predicted molar refractivity (Wildman–Crippen MR) is 107 cm³/mol. The summed E-state index contributed by atoms with van der Waals surface area (Å²) in [7, 11) is 0. The number of rotatable bonds is 3. The largest absolute Gasteiger partial charge is 0.487 e. The number of amides is 1. The first-order chi connectivity index (χ1) is 13.3. The number of aromatic nitrogens is 2. The van der Waals surface area contributed by atoms with Crippen LogP contribution in [0.1, 0.15) is 37.4 Å². The molecule has 1 aromatic heterocycles. The molecule has 0 spiro atoms. The normalized spacial score (nSPS) is 17.6. The molecule has 6 nitrogen and oxygen atoms in total. The van der Waals surface area contributed by atoms with Crippen LogP contribution >= 0.6 is 0 Å². The van der Waals surface area contributed by atoms with E-state index in [-0.39, 0.29) is 24.1 Å². The minimum absolute atomic E-state index is 0.122. The molecule has 2 heterocycles. The van der Waals surface area contributed by atoms with Crippen LogP contribution in [0.2, 0.25) is 0 Å². The Hall–Kier alpha value is -3.15. The molecule has 1 aliphatic heterocycles. The van der Waals surface area contributed by atoms with Gasteiger partial charge in [0.15, 0.2) is 0 Å². The minimum Gasteiger partial charge on any atom is -0.487 e. The second kappa shape index (κ2) is 6.78. The lowest BCUT2D eigenvalue weighted by atomic mass is 9.89. The van der Waals surface area contributed by atoms with E-state index in [1.165, 1.54) is 4.68 Å². The fourth-order valence-electron chi connectivity index (χ4n) is 3.72. The maximum atomic E-state index is 12.7. The Kier molecular flexibility index (Phi) is 4.41. The first kappa shape index (κ1) is 18.2. The van der Waals surface area contributed by atoms with Crippen molar-refractivity contribution in [1.29, 1.82) is 0 Å². The fraction of sp³-hybridized carbons (Fsp3) is 0.318. The number of ether oxygens (including phenoxy) is 1. The maximum Gasteiger partial charge on any atom is 0.275 e. The second-order valence-electron chi connectivity index (χ2n) is 7.92. The van der Waals surface area contributed by atoms with Gasteiger partial charge in [-0.25, -0.2) is 4.68 Å². The number of hydrogen-bond donors (Lipinski definition) is 1. The van der Waals surface area contributed by atoms with Gasteiger partial charge in [-0.1, -0.05) is 35.9 Å². The summed E-state index contributed by atoms with van der Waals surface area (Å²) >= 11 is 0. The zero-order valence-electron chi connectivity index (χ0n) is 16.2. The molecular weight excluding hydrogens is 354 g/mol. The average Bonchev–Trinajstić information content (AvgIpc) is 2.64. The highest BCUT2D eigenvalue weighted by molar-refractivity contribution is 5.81. The van der Waals surface area contributed by atoms with Crippen LogP contribution in [-0.2, 0) is 11.3 Å². The summed E-state index contributed by atoms with van der Waals surface area (Å²) < 4.78 is 7.26. The molecule has 0 radical (unpaired) electrons. The third-order valence-electron chi connectivity index (χ3n) is 5.01. The van der Waals surface area contributed by atoms with Crippen LogP contribution in [-0.4, -0.2) is 21.3 Å². The molecular formula is C22H23N3O3. The van der Waals surface area contributed by atoms with E-state index in [2.05, 4.69) is 10.4 Å². The van der Waals surface area contributed by atoms with E-state index in [1.807, 2.05) is 51.1 Å². The molecule has 1 N–H and O–H groups in total. The highest BCUT2D eigenvalue weighted by atomic mass is 16.5. The minimum atomic E-state index is -0.391. The molecule has 0 bridgehead atoms. The van der Waals surface area contributed by atoms with Crippen molar-refractivity contribution in [3.05, 3.63) is 70.1 Å². The first-order valence-corrected chi connectivity index (χ1v) is 9.36. The Morgan fingerprint density at radius 1 is 1.29 bits per heavy atom. The van der Waals surface area contributed by atoms with Gasteiger partial charge in [-0.05, 0) is 32.9 Å². The van der Waals surface area contributed by atoms with Crippen molar-refractivity contribution >= 4 is 16.7 Å². The van der Waals surface area contributed by atoms with Crippen molar-refractivity contribution in [2.45, 2.75) is 45.4 Å². The standard InChI is InChI=1S/C22H23N3O3/c1-14-8-9-19-17(10-14)18(11-22(2,3)28-19)24-20(26)13-25-21(27)16-7-5-4-6-15(16)12-23-25/h4-10,12,18H,11,13H2,1-3H3,(H,24,26)/t18-/m0/s1. The highest BCUT2D eigenvalue weighted by Gasteiger charge is 2.34. The van der Waals surface area contributed by atoms with Gasteiger partial charge in [-0.3, -0.25) is 9.59 Å². The van der Waals surface area contributed by atoms with Crippen molar-refractivity contribution in [1.82, 2.24) is 15.1 Å². The summed E-state index contributed by atoms with van der Waals surface area (Å²) in [5.41, 5.74) is 1.41. The van der Waals surface area contributed by atoms with Crippen LogP contribution in [0.4, 0.5) is 0 Å². The van der Waals surface area contributed by atoms with E-state index < -0.39 is 5.60 Å². The summed E-state index contributed by atoms with van der Waals surface area (Å²) in [5, 5.41) is 8.53. The van der Waals surface area contributed by atoms with E-state index in [9.17, 15) is 9.59 Å². The molecule has 0 fully saturated rings. The third kappa shape index (κ3) is 3.50. The van der Waals surface area contributed by atoms with E-state index >= 15 is 0 Å². The van der Waals surface area contributed by atoms with Gasteiger partial charge in [0.05, 0.1) is 17.6 Å². The van der Waals surface area contributed by atoms with Gasteiger partial charge < -0.3 is 10.1 Å². The van der Waals surface area contributed by atoms with E-state index in [4.69, 9.17) is 4.74 Å². The lowest BCUT2D eigenvalue weighted by Gasteiger charge is -2.38. The molecule has 1 atom stereocenters. The van der Waals surface area contributed by atoms with E-state index in [0.717, 1.165) is 22.3 Å². The predicted octanol–water partition coefficient (Wildman–Crippen LogP) is 3.12. The van der Waals surface area contributed by atoms with Gasteiger partial charge in [0.1, 0.15) is 17.9 Å². The van der Waals surface area contributed by atoms with Crippen molar-refractivity contribution in [2.75, 3.05) is 0 Å². The lowest BCUT2D eigenvalue weighted by Crippen LogP contribution is -2.43. The number of fused-ring (bicyclic) bond motifs is 2. The van der Waals surface area contributed by atoms with Crippen LogP contribution in [0.5, 0.6) is 5.75 Å². The summed E-state index contributed by atoms with van der Waals surface area (Å²) in [6, 6.07) is 13.0. The molecule has 4 rings (SSSR count). The highest BCUT2D eigenvalue weighted by Crippen LogP contribution is 2.39. The Labute approximate surface area is 163 Å². The van der Waals surface area contributed by atoms with Crippen molar-refractivity contribution in [3.8, 4) is 5.75 Å².